The first kappa shape index (κ1) is 25.0. The second kappa shape index (κ2) is 10.3. The molecule has 0 aliphatic rings. The molecule has 1 heterocycles. The van der Waals surface area contributed by atoms with Crippen LogP contribution in [0.5, 0.6) is 0 Å². The highest BCUT2D eigenvalue weighted by Crippen LogP contribution is 2.26. The Kier molecular flexibility index (Phi) is 6.78. The van der Waals surface area contributed by atoms with Crippen molar-refractivity contribution in [2.45, 2.75) is 0 Å². The van der Waals surface area contributed by atoms with E-state index >= 15 is 0 Å². The van der Waals surface area contributed by atoms with Crippen LogP contribution in [0.1, 0.15) is 20.7 Å². The molecule has 3 aromatic carbocycles. The second-order valence-corrected chi connectivity index (χ2v) is 7.42. The number of aromatic nitrogens is 2. The molecule has 1 aromatic heterocycles. The van der Waals surface area contributed by atoms with E-state index in [1.807, 2.05) is 0 Å². The van der Waals surface area contributed by atoms with Crippen LogP contribution in [0.25, 0.3) is 11.5 Å². The van der Waals surface area contributed by atoms with Gasteiger partial charge in [0.05, 0.1) is 37.7 Å². The molecule has 0 aliphatic heterocycles. The highest BCUT2D eigenvalue weighted by molar-refractivity contribution is 6.12. The molecule has 0 fully saturated rings. The molecule has 2 amide bonds. The fourth-order valence-corrected chi connectivity index (χ4v) is 3.20. The summed E-state index contributed by atoms with van der Waals surface area (Å²) in [5, 5.41) is 45.3. The van der Waals surface area contributed by atoms with Gasteiger partial charge in [-0.25, -0.2) is 0 Å². The number of nitrogens with one attached hydrogen (secondary N) is 2. The zero-order chi connectivity index (χ0) is 27.4. The number of anilines is 2. The zero-order valence-electron chi connectivity index (χ0n) is 18.8. The third-order valence-electron chi connectivity index (χ3n) is 4.98. The Balaban J connectivity index is 1.53. The molecule has 4 aromatic rings. The van der Waals surface area contributed by atoms with Crippen LogP contribution in [0, 0.1) is 30.3 Å². The van der Waals surface area contributed by atoms with Crippen molar-refractivity contribution < 1.29 is 28.8 Å². The number of non-ortho nitro benzene ring substituents is 3. The molecule has 0 spiro atoms. The van der Waals surface area contributed by atoms with Gasteiger partial charge in [0, 0.05) is 29.8 Å². The lowest BCUT2D eigenvalue weighted by Gasteiger charge is -2.10. The van der Waals surface area contributed by atoms with Crippen LogP contribution < -0.4 is 10.6 Å². The first-order valence-corrected chi connectivity index (χ1v) is 10.4. The molecule has 0 bridgehead atoms. The van der Waals surface area contributed by atoms with Crippen LogP contribution in [-0.4, -0.2) is 36.8 Å². The molecule has 2 N–H and O–H groups in total. The number of amides is 2. The molecule has 0 saturated heterocycles. The van der Waals surface area contributed by atoms with Gasteiger partial charge in [-0.15, -0.1) is 5.10 Å². The maximum Gasteiger partial charge on any atom is 0.322 e. The Morgan fingerprint density at radius 2 is 1.32 bits per heavy atom. The lowest BCUT2D eigenvalue weighted by molar-refractivity contribution is -0.394. The summed E-state index contributed by atoms with van der Waals surface area (Å²) in [6, 6.07) is 13.1. The number of nitrogens with zero attached hydrogens (tertiary/aromatic N) is 5. The molecule has 0 saturated carbocycles. The quantitative estimate of drug-likeness (QED) is 0.250. The SMILES string of the molecule is O=C(Nc1ccccc1C(=O)Nc1nnc(-c2ccc([N+](=O)[O-])cc2)o1)c1cc([N+](=O)[O-])cc([N+](=O)[O-])c1. The minimum absolute atomic E-state index is 0.0146. The average molecular weight is 519 g/mol. The predicted octanol–water partition coefficient (Wildman–Crippen LogP) is 3.97. The van der Waals surface area contributed by atoms with E-state index in [0.717, 1.165) is 12.1 Å². The molecule has 0 unspecified atom stereocenters. The molecule has 16 heteroatoms. The van der Waals surface area contributed by atoms with Crippen LogP contribution in [0.3, 0.4) is 0 Å². The molecule has 0 aliphatic carbocycles. The summed E-state index contributed by atoms with van der Waals surface area (Å²) in [7, 11) is 0. The molecule has 0 atom stereocenters. The molecular formula is C22H13N7O9. The Labute approximate surface area is 210 Å². The first-order valence-electron chi connectivity index (χ1n) is 10.4. The van der Waals surface area contributed by atoms with Crippen molar-refractivity contribution >= 4 is 40.6 Å². The van der Waals surface area contributed by atoms with Gasteiger partial charge in [-0.3, -0.25) is 45.2 Å². The number of benzene rings is 3. The van der Waals surface area contributed by atoms with Gasteiger partial charge in [-0.1, -0.05) is 17.2 Å². The summed E-state index contributed by atoms with van der Waals surface area (Å²) in [6.45, 7) is 0. The Bertz CT molecular complexity index is 1570. The average Bonchev–Trinajstić information content (AvgIpc) is 3.37. The van der Waals surface area contributed by atoms with Crippen LogP contribution >= 0.6 is 0 Å². The van der Waals surface area contributed by atoms with E-state index in [-0.39, 0.29) is 34.4 Å². The summed E-state index contributed by atoms with van der Waals surface area (Å²) < 4.78 is 5.38. The van der Waals surface area contributed by atoms with E-state index in [1.165, 1.54) is 48.5 Å². The van der Waals surface area contributed by atoms with Crippen molar-refractivity contribution in [1.29, 1.82) is 0 Å². The van der Waals surface area contributed by atoms with Gasteiger partial charge in [0.25, 0.3) is 28.9 Å². The minimum Gasteiger partial charge on any atom is -0.403 e. The summed E-state index contributed by atoms with van der Waals surface area (Å²) in [4.78, 5) is 56.3. The summed E-state index contributed by atoms with van der Waals surface area (Å²) in [5.74, 6) is -1.73. The minimum atomic E-state index is -0.935. The van der Waals surface area contributed by atoms with Gasteiger partial charge in [-0.05, 0) is 24.3 Å². The van der Waals surface area contributed by atoms with Crippen LogP contribution in [0.4, 0.5) is 28.8 Å². The van der Waals surface area contributed by atoms with Crippen molar-refractivity contribution in [2.75, 3.05) is 10.6 Å². The molecule has 38 heavy (non-hydrogen) atoms. The third-order valence-corrected chi connectivity index (χ3v) is 4.98. The molecule has 4 rings (SSSR count). The highest BCUT2D eigenvalue weighted by Gasteiger charge is 2.22. The van der Waals surface area contributed by atoms with Crippen molar-refractivity contribution in [3.63, 3.8) is 0 Å². The standard InChI is InChI=1S/C22H13N7O9/c30-19(13-9-15(28(34)35)11-16(10-13)29(36)37)23-18-4-2-1-3-17(18)20(31)24-22-26-25-21(38-22)12-5-7-14(8-6-12)27(32)33/h1-11H,(H,23,30)(H,24,26,31). The van der Waals surface area contributed by atoms with E-state index in [1.54, 1.807) is 0 Å². The highest BCUT2D eigenvalue weighted by atomic mass is 16.6. The van der Waals surface area contributed by atoms with E-state index < -0.39 is 38.0 Å². The van der Waals surface area contributed by atoms with E-state index in [9.17, 15) is 39.9 Å². The van der Waals surface area contributed by atoms with Gasteiger partial charge >= 0.3 is 6.01 Å². The Morgan fingerprint density at radius 3 is 1.92 bits per heavy atom. The number of para-hydroxylation sites is 1. The summed E-state index contributed by atoms with van der Waals surface area (Å²) in [5.41, 5.74) is -1.53. The lowest BCUT2D eigenvalue weighted by atomic mass is 10.1. The van der Waals surface area contributed by atoms with Crippen molar-refractivity contribution in [2.24, 2.45) is 0 Å². The largest absolute Gasteiger partial charge is 0.403 e. The summed E-state index contributed by atoms with van der Waals surface area (Å²) in [6.07, 6.45) is 0. The summed E-state index contributed by atoms with van der Waals surface area (Å²) >= 11 is 0. The number of nitro groups is 3. The second-order valence-electron chi connectivity index (χ2n) is 7.42. The Morgan fingerprint density at radius 1 is 0.711 bits per heavy atom. The van der Waals surface area contributed by atoms with Gasteiger partial charge in [0.2, 0.25) is 5.89 Å². The third kappa shape index (κ3) is 5.43. The zero-order valence-corrected chi connectivity index (χ0v) is 18.8. The van der Waals surface area contributed by atoms with E-state index in [4.69, 9.17) is 4.42 Å². The van der Waals surface area contributed by atoms with Crippen molar-refractivity contribution in [3.8, 4) is 11.5 Å². The molecule has 190 valence electrons. The van der Waals surface area contributed by atoms with E-state index in [2.05, 4.69) is 20.8 Å². The van der Waals surface area contributed by atoms with Crippen molar-refractivity contribution in [3.05, 3.63) is 108 Å². The number of carbonyl (C=O) groups is 2. The molecule has 0 radical (unpaired) electrons. The number of rotatable bonds is 8. The van der Waals surface area contributed by atoms with Gasteiger partial charge in [-0.2, -0.15) is 0 Å². The monoisotopic (exact) mass is 519 g/mol. The smallest absolute Gasteiger partial charge is 0.322 e. The van der Waals surface area contributed by atoms with Gasteiger partial charge in [0.15, 0.2) is 0 Å². The van der Waals surface area contributed by atoms with Crippen molar-refractivity contribution in [1.82, 2.24) is 10.2 Å². The topological polar surface area (TPSA) is 227 Å². The fourth-order valence-electron chi connectivity index (χ4n) is 3.20. The van der Waals surface area contributed by atoms with E-state index in [0.29, 0.717) is 11.6 Å². The number of carbonyl (C=O) groups excluding carboxylic acids is 2. The maximum atomic E-state index is 12.9. The maximum absolute atomic E-state index is 12.9. The van der Waals surface area contributed by atoms with Crippen LogP contribution in [0.15, 0.2) is 71.1 Å². The van der Waals surface area contributed by atoms with Crippen LogP contribution in [-0.2, 0) is 0 Å². The number of hydrogen-bond acceptors (Lipinski definition) is 11. The predicted molar refractivity (Wildman–Crippen MR) is 128 cm³/mol. The Hall–Kier alpha value is -6.06. The first-order chi connectivity index (χ1) is 18.1. The number of hydrogen-bond donors (Lipinski definition) is 2. The van der Waals surface area contributed by atoms with Gasteiger partial charge in [0.1, 0.15) is 0 Å². The molecular weight excluding hydrogens is 506 g/mol. The number of nitro benzene ring substituents is 3. The molecule has 16 nitrogen and oxygen atoms in total. The lowest BCUT2D eigenvalue weighted by Crippen LogP contribution is -2.18. The normalized spacial score (nSPS) is 10.4. The fraction of sp³-hybridized carbons (Fsp3) is 0. The van der Waals surface area contributed by atoms with Crippen LogP contribution in [0.2, 0.25) is 0 Å². The van der Waals surface area contributed by atoms with Gasteiger partial charge < -0.3 is 9.73 Å².